The van der Waals surface area contributed by atoms with Crippen molar-refractivity contribution in [3.05, 3.63) is 39.8 Å². The lowest BCUT2D eigenvalue weighted by Crippen LogP contribution is -1.85. The molecule has 13 heavy (non-hydrogen) atoms. The summed E-state index contributed by atoms with van der Waals surface area (Å²) in [7, 11) is 0. The maximum Gasteiger partial charge on any atom is 0.160 e. The van der Waals surface area contributed by atoms with E-state index in [0.29, 0.717) is 0 Å². The van der Waals surface area contributed by atoms with Gasteiger partial charge >= 0.3 is 0 Å². The third-order valence-electron chi connectivity index (χ3n) is 1.35. The number of azide groups is 1. The first kappa shape index (κ1) is 9.04. The van der Waals surface area contributed by atoms with Crippen molar-refractivity contribution in [3.63, 3.8) is 0 Å². The first-order valence-electron chi connectivity index (χ1n) is 3.19. The van der Waals surface area contributed by atoms with Crippen LogP contribution in [0.1, 0.15) is 5.56 Å². The van der Waals surface area contributed by atoms with Crippen molar-refractivity contribution in [1.29, 1.82) is 0 Å². The van der Waals surface area contributed by atoms with E-state index >= 15 is 0 Å². The molecule has 5 heteroatoms. The number of halogens is 2. The first-order valence-corrected chi connectivity index (χ1v) is 3.19. The van der Waals surface area contributed by atoms with E-state index in [1.54, 1.807) is 0 Å². The van der Waals surface area contributed by atoms with Crippen LogP contribution in [0.15, 0.2) is 17.2 Å². The smallest absolute Gasteiger partial charge is 0.160 e. The van der Waals surface area contributed by atoms with Crippen molar-refractivity contribution in [2.45, 2.75) is 0 Å². The highest BCUT2D eigenvalue weighted by atomic mass is 19.2. The first-order chi connectivity index (χ1) is 6.19. The van der Waals surface area contributed by atoms with Gasteiger partial charge in [-0.2, -0.15) is 0 Å². The Labute approximate surface area is 72.6 Å². The Morgan fingerprint density at radius 3 is 2.54 bits per heavy atom. The molecule has 0 N–H and O–H groups in total. The molecule has 1 aromatic carbocycles. The second-order valence-electron chi connectivity index (χ2n) is 2.12. The normalized spacial score (nSPS) is 8.69. The Bertz CT molecular complexity index is 428. The van der Waals surface area contributed by atoms with Crippen LogP contribution in [0.2, 0.25) is 0 Å². The van der Waals surface area contributed by atoms with Gasteiger partial charge in [0.05, 0.1) is 5.69 Å². The molecule has 3 nitrogen and oxygen atoms in total. The summed E-state index contributed by atoms with van der Waals surface area (Å²) in [6.07, 6.45) is 4.98. The minimum atomic E-state index is -1.10. The van der Waals surface area contributed by atoms with Crippen LogP contribution in [-0.4, -0.2) is 0 Å². The molecule has 0 aliphatic heterocycles. The van der Waals surface area contributed by atoms with Gasteiger partial charge in [0.2, 0.25) is 0 Å². The molecule has 0 fully saturated rings. The minimum absolute atomic E-state index is 0.0247. The summed E-state index contributed by atoms with van der Waals surface area (Å²) in [4.78, 5) is 2.43. The van der Waals surface area contributed by atoms with Crippen LogP contribution < -0.4 is 0 Å². The van der Waals surface area contributed by atoms with Crippen LogP contribution in [0.25, 0.3) is 10.4 Å². The molecular weight excluding hydrogens is 176 g/mol. The minimum Gasteiger partial charge on any atom is -0.204 e. The predicted molar refractivity (Wildman–Crippen MR) is 43.1 cm³/mol. The molecule has 64 valence electrons. The fourth-order valence-electron chi connectivity index (χ4n) is 0.783. The van der Waals surface area contributed by atoms with Crippen molar-refractivity contribution in [2.75, 3.05) is 0 Å². The van der Waals surface area contributed by atoms with E-state index < -0.39 is 11.6 Å². The average molecular weight is 179 g/mol. The molecule has 0 radical (unpaired) electrons. The number of nitrogens with zero attached hydrogens (tertiary/aromatic N) is 3. The van der Waals surface area contributed by atoms with Crippen molar-refractivity contribution in [1.82, 2.24) is 0 Å². The van der Waals surface area contributed by atoms with E-state index in [0.717, 1.165) is 12.1 Å². The Kier molecular flexibility index (Phi) is 2.48. The lowest BCUT2D eigenvalue weighted by molar-refractivity contribution is 0.508. The number of hydrogen-bond donors (Lipinski definition) is 0. The summed E-state index contributed by atoms with van der Waals surface area (Å²) in [5, 5.41) is 3.11. The van der Waals surface area contributed by atoms with Gasteiger partial charge in [0.25, 0.3) is 0 Å². The van der Waals surface area contributed by atoms with Gasteiger partial charge in [0.1, 0.15) is 0 Å². The second kappa shape index (κ2) is 3.57. The van der Waals surface area contributed by atoms with E-state index in [4.69, 9.17) is 12.0 Å². The molecule has 0 aliphatic rings. The molecule has 1 rings (SSSR count). The molecule has 0 heterocycles. The summed E-state index contributed by atoms with van der Waals surface area (Å²) in [5.74, 6) is -0.0840. The zero-order chi connectivity index (χ0) is 9.84. The second-order valence-corrected chi connectivity index (χ2v) is 2.12. The summed E-state index contributed by atoms with van der Waals surface area (Å²) in [6.45, 7) is 0. The van der Waals surface area contributed by atoms with E-state index in [-0.39, 0.29) is 11.3 Å². The molecule has 0 atom stereocenters. The van der Waals surface area contributed by atoms with Gasteiger partial charge in [-0.25, -0.2) is 8.78 Å². The summed E-state index contributed by atoms with van der Waals surface area (Å²) < 4.78 is 25.2. The fourth-order valence-corrected chi connectivity index (χ4v) is 0.783. The van der Waals surface area contributed by atoms with Crippen LogP contribution in [-0.2, 0) is 0 Å². The van der Waals surface area contributed by atoms with Gasteiger partial charge in [-0.15, -0.1) is 6.42 Å². The zero-order valence-corrected chi connectivity index (χ0v) is 6.33. The molecule has 0 bridgehead atoms. The van der Waals surface area contributed by atoms with Crippen molar-refractivity contribution in [3.8, 4) is 12.3 Å². The Balaban J connectivity index is 3.43. The lowest BCUT2D eigenvalue weighted by atomic mass is 10.2. The molecular formula is C8H3F2N3. The Morgan fingerprint density at radius 2 is 2.00 bits per heavy atom. The molecule has 0 saturated carbocycles. The third kappa shape index (κ3) is 1.75. The van der Waals surface area contributed by atoms with Gasteiger partial charge in [0.15, 0.2) is 11.6 Å². The van der Waals surface area contributed by atoms with E-state index in [2.05, 4.69) is 15.9 Å². The number of benzene rings is 1. The molecule has 0 unspecified atom stereocenters. The molecule has 0 spiro atoms. The van der Waals surface area contributed by atoms with Crippen molar-refractivity contribution >= 4 is 5.69 Å². The van der Waals surface area contributed by atoms with Crippen LogP contribution in [0, 0.1) is 24.0 Å². The van der Waals surface area contributed by atoms with E-state index in [1.807, 2.05) is 0 Å². The lowest BCUT2D eigenvalue weighted by Gasteiger charge is -1.98. The van der Waals surface area contributed by atoms with Crippen LogP contribution in [0.4, 0.5) is 14.5 Å². The van der Waals surface area contributed by atoms with Gasteiger partial charge in [-0.05, 0) is 17.7 Å². The SMILES string of the molecule is C#Cc1cc(F)c(F)cc1N=[N+]=[N-]. The highest BCUT2D eigenvalue weighted by Crippen LogP contribution is 2.21. The molecule has 0 saturated heterocycles. The number of terminal acetylenes is 1. The van der Waals surface area contributed by atoms with Crippen molar-refractivity contribution < 1.29 is 8.78 Å². The molecule has 0 aromatic heterocycles. The maximum atomic E-state index is 12.6. The van der Waals surface area contributed by atoms with Gasteiger partial charge in [-0.3, -0.25) is 0 Å². The summed E-state index contributed by atoms with van der Waals surface area (Å²) in [6, 6.07) is 1.56. The fraction of sp³-hybridized carbons (Fsp3) is 0. The largest absolute Gasteiger partial charge is 0.204 e. The quantitative estimate of drug-likeness (QED) is 0.275. The maximum absolute atomic E-state index is 12.6. The third-order valence-corrected chi connectivity index (χ3v) is 1.35. The zero-order valence-electron chi connectivity index (χ0n) is 6.33. The van der Waals surface area contributed by atoms with Gasteiger partial charge < -0.3 is 0 Å². The molecule has 0 amide bonds. The molecule has 1 aromatic rings. The average Bonchev–Trinajstić information content (AvgIpc) is 2.11. The topological polar surface area (TPSA) is 48.8 Å². The predicted octanol–water partition coefficient (Wildman–Crippen LogP) is 2.89. The van der Waals surface area contributed by atoms with Crippen LogP contribution in [0.5, 0.6) is 0 Å². The van der Waals surface area contributed by atoms with Gasteiger partial charge in [0, 0.05) is 10.5 Å². The Morgan fingerprint density at radius 1 is 1.38 bits per heavy atom. The molecule has 0 aliphatic carbocycles. The summed E-state index contributed by atoms with van der Waals surface area (Å²) >= 11 is 0. The Hall–Kier alpha value is -2.05. The highest BCUT2D eigenvalue weighted by molar-refractivity contribution is 5.54. The summed E-state index contributed by atoms with van der Waals surface area (Å²) in [5.41, 5.74) is 8.00. The van der Waals surface area contributed by atoms with Crippen molar-refractivity contribution in [2.24, 2.45) is 5.11 Å². The van der Waals surface area contributed by atoms with Crippen LogP contribution >= 0.6 is 0 Å². The van der Waals surface area contributed by atoms with E-state index in [1.165, 1.54) is 0 Å². The van der Waals surface area contributed by atoms with Gasteiger partial charge in [-0.1, -0.05) is 11.0 Å². The standard InChI is InChI=1S/C8H3F2N3/c1-2-5-3-6(9)7(10)4-8(5)12-13-11/h1,3-4H. The number of rotatable bonds is 1. The number of hydrogen-bond acceptors (Lipinski definition) is 1. The highest BCUT2D eigenvalue weighted by Gasteiger charge is 2.06. The monoisotopic (exact) mass is 179 g/mol. The van der Waals surface area contributed by atoms with E-state index in [9.17, 15) is 8.78 Å². The van der Waals surface area contributed by atoms with Crippen LogP contribution in [0.3, 0.4) is 0 Å².